The first-order chi connectivity index (χ1) is 14.1. The van der Waals surface area contributed by atoms with Crippen molar-refractivity contribution >= 4 is 44.7 Å². The average Bonchev–Trinajstić information content (AvgIpc) is 3.30. The summed E-state index contributed by atoms with van der Waals surface area (Å²) in [6.45, 7) is 2.27. The van der Waals surface area contributed by atoms with E-state index in [1.54, 1.807) is 4.90 Å². The second kappa shape index (κ2) is 8.08. The van der Waals surface area contributed by atoms with Gasteiger partial charge < -0.3 is 4.90 Å². The summed E-state index contributed by atoms with van der Waals surface area (Å²) in [4.78, 5) is 16.5. The molecular weight excluding hydrogens is 404 g/mol. The molecular formula is C22H17ClN4OS. The molecule has 1 amide bonds. The van der Waals surface area contributed by atoms with Gasteiger partial charge >= 0.3 is 0 Å². The van der Waals surface area contributed by atoms with Crippen LogP contribution in [-0.4, -0.2) is 22.2 Å². The third-order valence-electron chi connectivity index (χ3n) is 4.59. The largest absolute Gasteiger partial charge is 0.307 e. The molecule has 4 rings (SSSR count). The highest BCUT2D eigenvalue weighted by Gasteiger charge is 2.22. The van der Waals surface area contributed by atoms with Crippen LogP contribution in [-0.2, 0) is 0 Å². The number of anilines is 1. The van der Waals surface area contributed by atoms with E-state index in [9.17, 15) is 4.79 Å². The van der Waals surface area contributed by atoms with Crippen LogP contribution in [0.2, 0.25) is 5.02 Å². The summed E-state index contributed by atoms with van der Waals surface area (Å²) >= 11 is 7.40. The molecule has 0 atom stereocenters. The molecule has 5 nitrogen and oxygen atoms in total. The van der Waals surface area contributed by atoms with Crippen LogP contribution in [0.5, 0.6) is 0 Å². The Hall–Kier alpha value is -3.14. The van der Waals surface area contributed by atoms with Crippen LogP contribution >= 0.6 is 22.9 Å². The lowest BCUT2D eigenvalue weighted by molar-refractivity contribution is 0.0991. The Morgan fingerprint density at radius 2 is 1.93 bits per heavy atom. The van der Waals surface area contributed by atoms with Crippen LogP contribution in [0.15, 0.2) is 60.7 Å². The van der Waals surface area contributed by atoms with Crippen molar-refractivity contribution in [3.8, 4) is 11.8 Å². The fourth-order valence-corrected chi connectivity index (χ4v) is 4.42. The van der Waals surface area contributed by atoms with E-state index in [1.165, 1.54) is 11.3 Å². The summed E-state index contributed by atoms with van der Waals surface area (Å²) in [5, 5.41) is 15.2. The smallest absolute Gasteiger partial charge is 0.268 e. The summed E-state index contributed by atoms with van der Waals surface area (Å²) in [5.41, 5.74) is 2.52. The van der Waals surface area contributed by atoms with Gasteiger partial charge in [0.2, 0.25) is 0 Å². The van der Waals surface area contributed by atoms with Gasteiger partial charge in [-0.1, -0.05) is 29.8 Å². The molecule has 0 N–H and O–H groups in total. The van der Waals surface area contributed by atoms with Gasteiger partial charge in [0.05, 0.1) is 28.7 Å². The molecule has 144 valence electrons. The molecule has 0 radical (unpaired) electrons. The Morgan fingerprint density at radius 3 is 2.62 bits per heavy atom. The number of aryl methyl sites for hydroxylation is 1. The van der Waals surface area contributed by atoms with E-state index >= 15 is 0 Å². The number of carbonyl (C=O) groups excluding carboxylic acids is 1. The fourth-order valence-electron chi connectivity index (χ4n) is 3.16. The number of halogens is 1. The molecule has 4 aromatic rings. The third kappa shape index (κ3) is 3.75. The number of para-hydroxylation sites is 1. The van der Waals surface area contributed by atoms with Gasteiger partial charge in [-0.25, -0.2) is 4.68 Å². The van der Waals surface area contributed by atoms with Crippen molar-refractivity contribution < 1.29 is 4.79 Å². The highest BCUT2D eigenvalue weighted by molar-refractivity contribution is 7.20. The Balaban J connectivity index is 1.75. The lowest BCUT2D eigenvalue weighted by Gasteiger charge is -2.21. The molecule has 0 bridgehead atoms. The number of nitrogens with zero attached hydrogens (tertiary/aromatic N) is 4. The molecule has 0 aliphatic rings. The first kappa shape index (κ1) is 19.2. The number of hydrogen-bond donors (Lipinski definition) is 0. The summed E-state index contributed by atoms with van der Waals surface area (Å²) in [7, 11) is 0. The second-order valence-corrected chi connectivity index (χ2v) is 7.97. The Bertz CT molecular complexity index is 1210. The fraction of sp³-hybridized carbons (Fsp3) is 0.136. The number of amides is 1. The number of nitriles is 1. The lowest BCUT2D eigenvalue weighted by atomic mass is 10.2. The molecule has 7 heteroatoms. The molecule has 0 saturated carbocycles. The van der Waals surface area contributed by atoms with E-state index in [0.717, 1.165) is 27.3 Å². The predicted molar refractivity (Wildman–Crippen MR) is 117 cm³/mol. The summed E-state index contributed by atoms with van der Waals surface area (Å²) in [5.74, 6) is -0.116. The predicted octanol–water partition coefficient (Wildman–Crippen LogP) is 5.61. The monoisotopic (exact) mass is 420 g/mol. The van der Waals surface area contributed by atoms with E-state index < -0.39 is 0 Å². The Labute approximate surface area is 177 Å². The highest BCUT2D eigenvalue weighted by Crippen LogP contribution is 2.32. The van der Waals surface area contributed by atoms with Crippen molar-refractivity contribution in [3.63, 3.8) is 0 Å². The quantitative estimate of drug-likeness (QED) is 0.421. The third-order valence-corrected chi connectivity index (χ3v) is 5.94. The molecule has 29 heavy (non-hydrogen) atoms. The van der Waals surface area contributed by atoms with Crippen LogP contribution in [0, 0.1) is 18.3 Å². The van der Waals surface area contributed by atoms with Gasteiger partial charge in [0.25, 0.3) is 5.91 Å². The van der Waals surface area contributed by atoms with Gasteiger partial charge in [0.1, 0.15) is 4.83 Å². The standard InChI is InChI=1S/C22H17ClN4OS/c1-15-19-14-20(21(28)26(13-5-12-24)17-6-3-2-4-7-17)29-22(19)27(25-15)18-10-8-16(23)9-11-18/h2-4,6-11,14H,5,13H2,1H3. The second-order valence-electron chi connectivity index (χ2n) is 6.50. The van der Waals surface area contributed by atoms with Gasteiger partial charge in [-0.3, -0.25) is 4.79 Å². The molecule has 0 aliphatic carbocycles. The number of benzene rings is 2. The van der Waals surface area contributed by atoms with Gasteiger partial charge in [-0.05, 0) is 49.4 Å². The molecule has 2 heterocycles. The maximum Gasteiger partial charge on any atom is 0.268 e. The highest BCUT2D eigenvalue weighted by atomic mass is 35.5. The van der Waals surface area contributed by atoms with E-state index in [4.69, 9.17) is 16.9 Å². The number of carbonyl (C=O) groups is 1. The van der Waals surface area contributed by atoms with Crippen LogP contribution < -0.4 is 4.90 Å². The molecule has 0 spiro atoms. The first-order valence-corrected chi connectivity index (χ1v) is 10.3. The van der Waals surface area contributed by atoms with E-state index in [0.29, 0.717) is 16.4 Å². The van der Waals surface area contributed by atoms with Crippen molar-refractivity contribution in [1.82, 2.24) is 9.78 Å². The zero-order chi connectivity index (χ0) is 20.4. The van der Waals surface area contributed by atoms with Gasteiger partial charge in [-0.2, -0.15) is 10.4 Å². The summed E-state index contributed by atoms with van der Waals surface area (Å²) in [6.07, 6.45) is 0.267. The van der Waals surface area contributed by atoms with Crippen molar-refractivity contribution in [2.75, 3.05) is 11.4 Å². The van der Waals surface area contributed by atoms with Crippen molar-refractivity contribution in [2.45, 2.75) is 13.3 Å². The van der Waals surface area contributed by atoms with E-state index in [2.05, 4.69) is 11.2 Å². The number of fused-ring (bicyclic) bond motifs is 1. The van der Waals surface area contributed by atoms with Crippen LogP contribution in [0.25, 0.3) is 15.9 Å². The minimum Gasteiger partial charge on any atom is -0.307 e. The van der Waals surface area contributed by atoms with Crippen molar-refractivity contribution in [2.24, 2.45) is 0 Å². The Morgan fingerprint density at radius 1 is 1.21 bits per heavy atom. The zero-order valence-corrected chi connectivity index (χ0v) is 17.2. The van der Waals surface area contributed by atoms with Crippen LogP contribution in [0.1, 0.15) is 21.8 Å². The van der Waals surface area contributed by atoms with Crippen LogP contribution in [0.3, 0.4) is 0 Å². The Kier molecular flexibility index (Phi) is 5.34. The topological polar surface area (TPSA) is 61.9 Å². The summed E-state index contributed by atoms with van der Waals surface area (Å²) in [6, 6.07) is 20.9. The average molecular weight is 421 g/mol. The zero-order valence-electron chi connectivity index (χ0n) is 15.7. The van der Waals surface area contributed by atoms with Crippen molar-refractivity contribution in [1.29, 1.82) is 5.26 Å². The summed E-state index contributed by atoms with van der Waals surface area (Å²) < 4.78 is 1.84. The number of thiophene rings is 1. The van der Waals surface area contributed by atoms with E-state index in [-0.39, 0.29) is 12.3 Å². The van der Waals surface area contributed by atoms with Crippen molar-refractivity contribution in [3.05, 3.63) is 76.3 Å². The number of hydrogen-bond acceptors (Lipinski definition) is 4. The molecule has 0 saturated heterocycles. The maximum absolute atomic E-state index is 13.3. The lowest BCUT2D eigenvalue weighted by Crippen LogP contribution is -2.31. The first-order valence-electron chi connectivity index (χ1n) is 9.07. The molecule has 2 aromatic heterocycles. The minimum absolute atomic E-state index is 0.116. The minimum atomic E-state index is -0.116. The molecule has 0 fully saturated rings. The van der Waals surface area contributed by atoms with Gasteiger partial charge in [-0.15, -0.1) is 11.3 Å². The maximum atomic E-state index is 13.3. The molecule has 0 aliphatic heterocycles. The van der Waals surface area contributed by atoms with Gasteiger partial charge in [0.15, 0.2) is 0 Å². The van der Waals surface area contributed by atoms with Gasteiger partial charge in [0, 0.05) is 22.6 Å². The SMILES string of the molecule is Cc1nn(-c2ccc(Cl)cc2)c2sc(C(=O)N(CCC#N)c3ccccc3)cc12. The molecule has 0 unspecified atom stereocenters. The van der Waals surface area contributed by atoms with E-state index in [1.807, 2.05) is 72.3 Å². The number of rotatable bonds is 5. The normalized spacial score (nSPS) is 10.8. The van der Waals surface area contributed by atoms with Crippen LogP contribution in [0.4, 0.5) is 5.69 Å². The number of aromatic nitrogens is 2. The molecule has 2 aromatic carbocycles.